The number of rotatable bonds is 3. The van der Waals surface area contributed by atoms with E-state index in [4.69, 9.17) is 0 Å². The van der Waals surface area contributed by atoms with Crippen LogP contribution in [-0.2, 0) is 19.4 Å². The number of hydrogen-bond acceptors (Lipinski definition) is 3. The van der Waals surface area contributed by atoms with Crippen LogP contribution in [0, 0.1) is 5.82 Å². The van der Waals surface area contributed by atoms with Gasteiger partial charge in [0.05, 0.1) is 12.2 Å². The standard InChI is InChI=1S/C18H18FN5O/c19-14-2-1-3-16-17(14)12(9-22-16)4-6-21-18(25)24-7-5-15-13(10-24)8-20-11-23-15/h1-3,8-9,11,22H,4-7,10H2,(H,21,25). The maximum absolute atomic E-state index is 14.0. The number of carbonyl (C=O) groups is 1. The smallest absolute Gasteiger partial charge is 0.317 e. The van der Waals surface area contributed by atoms with Crippen LogP contribution in [0.2, 0.25) is 0 Å². The minimum Gasteiger partial charge on any atom is -0.361 e. The predicted molar refractivity (Wildman–Crippen MR) is 91.5 cm³/mol. The summed E-state index contributed by atoms with van der Waals surface area (Å²) in [6, 6.07) is 4.85. The molecule has 1 aromatic carbocycles. The number of urea groups is 1. The van der Waals surface area contributed by atoms with Gasteiger partial charge < -0.3 is 15.2 Å². The molecule has 0 aliphatic carbocycles. The average Bonchev–Trinajstić information content (AvgIpc) is 3.06. The fourth-order valence-corrected chi connectivity index (χ4v) is 3.26. The van der Waals surface area contributed by atoms with E-state index in [1.807, 2.05) is 6.07 Å². The number of carbonyl (C=O) groups excluding carboxylic acids is 1. The first-order valence-electron chi connectivity index (χ1n) is 8.27. The molecule has 0 fully saturated rings. The molecule has 0 saturated heterocycles. The fraction of sp³-hybridized carbons (Fsp3) is 0.278. The van der Waals surface area contributed by atoms with Crippen molar-refractivity contribution < 1.29 is 9.18 Å². The van der Waals surface area contributed by atoms with Crippen molar-refractivity contribution in [3.8, 4) is 0 Å². The Morgan fingerprint density at radius 2 is 2.32 bits per heavy atom. The molecule has 1 aliphatic heterocycles. The number of nitrogens with one attached hydrogen (secondary N) is 2. The van der Waals surface area contributed by atoms with Crippen LogP contribution in [0.4, 0.5) is 9.18 Å². The lowest BCUT2D eigenvalue weighted by molar-refractivity contribution is 0.192. The molecule has 25 heavy (non-hydrogen) atoms. The molecular formula is C18H18FN5O. The third kappa shape index (κ3) is 3.05. The van der Waals surface area contributed by atoms with Crippen molar-refractivity contribution in [3.05, 3.63) is 59.6 Å². The zero-order valence-electron chi connectivity index (χ0n) is 13.6. The quantitative estimate of drug-likeness (QED) is 0.769. The molecule has 6 nitrogen and oxygen atoms in total. The van der Waals surface area contributed by atoms with Crippen molar-refractivity contribution in [3.63, 3.8) is 0 Å². The first-order chi connectivity index (χ1) is 12.2. The predicted octanol–water partition coefficient (Wildman–Crippen LogP) is 2.41. The highest BCUT2D eigenvalue weighted by molar-refractivity contribution is 5.84. The summed E-state index contributed by atoms with van der Waals surface area (Å²) in [6.07, 6.45) is 6.40. The first kappa shape index (κ1) is 15.6. The van der Waals surface area contributed by atoms with E-state index in [2.05, 4.69) is 20.3 Å². The van der Waals surface area contributed by atoms with Crippen LogP contribution >= 0.6 is 0 Å². The number of benzene rings is 1. The molecule has 3 aromatic rings. The Bertz CT molecular complexity index is 923. The lowest BCUT2D eigenvalue weighted by Gasteiger charge is -2.27. The van der Waals surface area contributed by atoms with E-state index >= 15 is 0 Å². The Morgan fingerprint density at radius 1 is 1.40 bits per heavy atom. The summed E-state index contributed by atoms with van der Waals surface area (Å²) >= 11 is 0. The molecular weight excluding hydrogens is 321 g/mol. The van der Waals surface area contributed by atoms with Crippen LogP contribution < -0.4 is 5.32 Å². The van der Waals surface area contributed by atoms with E-state index in [0.29, 0.717) is 31.4 Å². The summed E-state index contributed by atoms with van der Waals surface area (Å²) in [5.74, 6) is -0.243. The zero-order chi connectivity index (χ0) is 17.2. The van der Waals surface area contributed by atoms with Gasteiger partial charge in [-0.25, -0.2) is 19.2 Å². The molecule has 0 atom stereocenters. The molecule has 2 aromatic heterocycles. The number of fused-ring (bicyclic) bond motifs is 2. The Labute approximate surface area is 144 Å². The van der Waals surface area contributed by atoms with E-state index in [-0.39, 0.29) is 11.8 Å². The van der Waals surface area contributed by atoms with Crippen molar-refractivity contribution >= 4 is 16.9 Å². The molecule has 0 unspecified atom stereocenters. The van der Waals surface area contributed by atoms with Gasteiger partial charge in [0.25, 0.3) is 0 Å². The minimum atomic E-state index is -0.243. The molecule has 3 heterocycles. The summed E-state index contributed by atoms with van der Waals surface area (Å²) in [5.41, 5.74) is 3.63. The lowest BCUT2D eigenvalue weighted by atomic mass is 10.1. The number of hydrogen-bond donors (Lipinski definition) is 2. The maximum Gasteiger partial charge on any atom is 0.317 e. The normalized spacial score (nSPS) is 13.7. The van der Waals surface area contributed by atoms with Crippen LogP contribution in [0.5, 0.6) is 0 Å². The Kier molecular flexibility index (Phi) is 4.05. The monoisotopic (exact) mass is 339 g/mol. The van der Waals surface area contributed by atoms with E-state index in [9.17, 15) is 9.18 Å². The number of H-pyrrole nitrogens is 1. The van der Waals surface area contributed by atoms with E-state index < -0.39 is 0 Å². The molecule has 0 saturated carbocycles. The number of amides is 2. The van der Waals surface area contributed by atoms with E-state index in [1.165, 1.54) is 12.4 Å². The van der Waals surface area contributed by atoms with Crippen molar-refractivity contribution in [1.82, 2.24) is 25.2 Å². The summed E-state index contributed by atoms with van der Waals surface area (Å²) in [6.45, 7) is 1.61. The Hall–Kier alpha value is -2.96. The molecule has 2 N–H and O–H groups in total. The van der Waals surface area contributed by atoms with Gasteiger partial charge in [-0.3, -0.25) is 0 Å². The molecule has 1 aliphatic rings. The van der Waals surface area contributed by atoms with Gasteiger partial charge in [-0.05, 0) is 24.1 Å². The second-order valence-electron chi connectivity index (χ2n) is 6.12. The van der Waals surface area contributed by atoms with Gasteiger partial charge in [-0.2, -0.15) is 0 Å². The minimum absolute atomic E-state index is 0.116. The van der Waals surface area contributed by atoms with Crippen LogP contribution in [0.3, 0.4) is 0 Å². The molecule has 128 valence electrons. The molecule has 2 amide bonds. The molecule has 7 heteroatoms. The lowest BCUT2D eigenvalue weighted by Crippen LogP contribution is -2.43. The number of aromatic amines is 1. The van der Waals surface area contributed by atoms with Gasteiger partial charge >= 0.3 is 6.03 Å². The zero-order valence-corrected chi connectivity index (χ0v) is 13.6. The highest BCUT2D eigenvalue weighted by Crippen LogP contribution is 2.21. The molecule has 0 bridgehead atoms. The third-order valence-electron chi connectivity index (χ3n) is 4.56. The fourth-order valence-electron chi connectivity index (χ4n) is 3.26. The highest BCUT2D eigenvalue weighted by Gasteiger charge is 2.21. The van der Waals surface area contributed by atoms with Crippen LogP contribution in [0.15, 0.2) is 36.9 Å². The third-order valence-corrected chi connectivity index (χ3v) is 4.56. The van der Waals surface area contributed by atoms with Crippen molar-refractivity contribution in [1.29, 1.82) is 0 Å². The van der Waals surface area contributed by atoms with Gasteiger partial charge in [0.2, 0.25) is 0 Å². The summed E-state index contributed by atoms with van der Waals surface area (Å²) in [5, 5.41) is 3.51. The van der Waals surface area contributed by atoms with Crippen molar-refractivity contribution in [2.24, 2.45) is 0 Å². The first-order valence-corrected chi connectivity index (χ1v) is 8.27. The SMILES string of the molecule is O=C(NCCc1c[nH]c2cccc(F)c12)N1CCc2ncncc2C1. The van der Waals surface area contributed by atoms with Crippen LogP contribution in [-0.4, -0.2) is 39.0 Å². The Morgan fingerprint density at radius 3 is 3.24 bits per heavy atom. The van der Waals surface area contributed by atoms with Crippen LogP contribution in [0.1, 0.15) is 16.8 Å². The van der Waals surface area contributed by atoms with Crippen LogP contribution in [0.25, 0.3) is 10.9 Å². The molecule has 0 spiro atoms. The highest BCUT2D eigenvalue weighted by atomic mass is 19.1. The summed E-state index contributed by atoms with van der Waals surface area (Å²) in [7, 11) is 0. The van der Waals surface area contributed by atoms with Gasteiger partial charge in [0, 0.05) is 48.4 Å². The van der Waals surface area contributed by atoms with Gasteiger partial charge in [0.15, 0.2) is 0 Å². The topological polar surface area (TPSA) is 73.9 Å². The van der Waals surface area contributed by atoms with Crippen molar-refractivity contribution in [2.75, 3.05) is 13.1 Å². The second kappa shape index (κ2) is 6.51. The van der Waals surface area contributed by atoms with Crippen molar-refractivity contribution in [2.45, 2.75) is 19.4 Å². The average molecular weight is 339 g/mol. The molecule has 0 radical (unpaired) electrons. The summed E-state index contributed by atoms with van der Waals surface area (Å²) < 4.78 is 14.0. The van der Waals surface area contributed by atoms with Gasteiger partial charge in [0.1, 0.15) is 12.1 Å². The van der Waals surface area contributed by atoms with E-state index in [1.54, 1.807) is 23.4 Å². The largest absolute Gasteiger partial charge is 0.361 e. The number of aromatic nitrogens is 3. The van der Waals surface area contributed by atoms with Gasteiger partial charge in [-0.15, -0.1) is 0 Å². The number of halogens is 1. The van der Waals surface area contributed by atoms with E-state index in [0.717, 1.165) is 28.8 Å². The second-order valence-corrected chi connectivity index (χ2v) is 6.12. The number of nitrogens with zero attached hydrogens (tertiary/aromatic N) is 3. The summed E-state index contributed by atoms with van der Waals surface area (Å²) in [4.78, 5) is 25.4. The molecule has 4 rings (SSSR count). The van der Waals surface area contributed by atoms with Gasteiger partial charge in [-0.1, -0.05) is 6.07 Å². The maximum atomic E-state index is 14.0. The Balaban J connectivity index is 1.36.